The van der Waals surface area contributed by atoms with E-state index in [0.717, 1.165) is 28.0 Å². The van der Waals surface area contributed by atoms with Crippen LogP contribution in [-0.4, -0.2) is 40.7 Å². The first-order chi connectivity index (χ1) is 12.0. The second-order valence-electron chi connectivity index (χ2n) is 6.02. The Bertz CT molecular complexity index is 910. The lowest BCUT2D eigenvalue weighted by molar-refractivity contribution is -0.0380. The van der Waals surface area contributed by atoms with Crippen LogP contribution in [0.4, 0.5) is 0 Å². The zero-order chi connectivity index (χ0) is 17.6. The van der Waals surface area contributed by atoms with Crippen LogP contribution >= 0.6 is 23.1 Å². The molecule has 0 aliphatic carbocycles. The van der Waals surface area contributed by atoms with Gasteiger partial charge < -0.3 is 9.67 Å². The van der Waals surface area contributed by atoms with Crippen molar-refractivity contribution < 1.29 is 5.11 Å². The van der Waals surface area contributed by atoms with Crippen LogP contribution in [0.1, 0.15) is 36.4 Å². The molecule has 1 aliphatic heterocycles. The Morgan fingerprint density at radius 1 is 1.32 bits per heavy atom. The highest BCUT2D eigenvalue weighted by Gasteiger charge is 2.33. The van der Waals surface area contributed by atoms with Crippen LogP contribution in [0.5, 0.6) is 0 Å². The van der Waals surface area contributed by atoms with Gasteiger partial charge in [-0.05, 0) is 43.1 Å². The van der Waals surface area contributed by atoms with E-state index in [1.54, 1.807) is 12.1 Å². The molecule has 25 heavy (non-hydrogen) atoms. The van der Waals surface area contributed by atoms with Crippen molar-refractivity contribution in [3.63, 3.8) is 0 Å². The maximum Gasteiger partial charge on any atom is 0.194 e. The van der Waals surface area contributed by atoms with Gasteiger partial charge in [0.1, 0.15) is 12.1 Å². The molecule has 2 atom stereocenters. The van der Waals surface area contributed by atoms with E-state index >= 15 is 0 Å². The normalized spacial score (nSPS) is 19.0. The van der Waals surface area contributed by atoms with Crippen molar-refractivity contribution in [3.8, 4) is 10.8 Å². The molecular weight excluding hydrogens is 360 g/mol. The summed E-state index contributed by atoms with van der Waals surface area (Å²) in [4.78, 5) is 6.40. The molecule has 2 aromatic heterocycles. The van der Waals surface area contributed by atoms with Gasteiger partial charge in [-0.3, -0.25) is 4.90 Å². The summed E-state index contributed by atoms with van der Waals surface area (Å²) in [6, 6.07) is 7.21. The largest absolute Gasteiger partial charge is 0.374 e. The second kappa shape index (κ2) is 6.45. The van der Waals surface area contributed by atoms with E-state index in [1.807, 2.05) is 30.9 Å². The van der Waals surface area contributed by atoms with Gasteiger partial charge in [-0.1, -0.05) is 23.7 Å². The number of fused-ring (bicyclic) bond motifs is 1. The van der Waals surface area contributed by atoms with Crippen molar-refractivity contribution >= 4 is 23.1 Å². The van der Waals surface area contributed by atoms with E-state index in [-0.39, 0.29) is 6.04 Å². The van der Waals surface area contributed by atoms with Crippen LogP contribution < -0.4 is 0 Å². The molecule has 4 rings (SSSR count). The standard InChI is InChI=1S/C16H17ClN6OS/c1-9-13-19-20-14(15-18-10(2)21-25-15)23(13)7-6-22(9)16(24)11-4-3-5-12(17)8-11/h3-5,8-9,16,24H,6-7H2,1-2H3/t9-,16?/m1/s1. The SMILES string of the molecule is Cc1nsc(-c2nnc3n2CCN(C(O)c2cccc(Cl)c2)[C@@H]3C)n1. The maximum atomic E-state index is 10.8. The summed E-state index contributed by atoms with van der Waals surface area (Å²) in [7, 11) is 0. The van der Waals surface area contributed by atoms with E-state index in [4.69, 9.17) is 11.6 Å². The molecule has 0 saturated carbocycles. The Morgan fingerprint density at radius 3 is 2.88 bits per heavy atom. The Morgan fingerprint density at radius 2 is 2.16 bits per heavy atom. The molecule has 0 amide bonds. The number of aryl methyl sites for hydroxylation is 1. The fraction of sp³-hybridized carbons (Fsp3) is 0.375. The minimum atomic E-state index is -0.744. The number of hydrogen-bond acceptors (Lipinski definition) is 7. The quantitative estimate of drug-likeness (QED) is 0.757. The number of aliphatic hydroxyl groups is 1. The molecule has 0 fully saturated rings. The molecule has 7 nitrogen and oxygen atoms in total. The van der Waals surface area contributed by atoms with Gasteiger partial charge >= 0.3 is 0 Å². The first-order valence-corrected chi connectivity index (χ1v) is 9.13. The summed E-state index contributed by atoms with van der Waals surface area (Å²) in [5.74, 6) is 2.29. The summed E-state index contributed by atoms with van der Waals surface area (Å²) in [6.07, 6.45) is -0.744. The monoisotopic (exact) mass is 376 g/mol. The fourth-order valence-electron chi connectivity index (χ4n) is 3.14. The van der Waals surface area contributed by atoms with E-state index in [9.17, 15) is 5.11 Å². The van der Waals surface area contributed by atoms with Gasteiger partial charge in [0.15, 0.2) is 16.7 Å². The lowest BCUT2D eigenvalue weighted by Crippen LogP contribution is -2.39. The van der Waals surface area contributed by atoms with Crippen molar-refractivity contribution in [2.45, 2.75) is 32.7 Å². The highest BCUT2D eigenvalue weighted by molar-refractivity contribution is 7.09. The molecule has 1 N–H and O–H groups in total. The first kappa shape index (κ1) is 16.6. The highest BCUT2D eigenvalue weighted by atomic mass is 35.5. The lowest BCUT2D eigenvalue weighted by atomic mass is 10.1. The molecule has 3 aromatic rings. The summed E-state index contributed by atoms with van der Waals surface area (Å²) < 4.78 is 6.28. The van der Waals surface area contributed by atoms with Crippen molar-refractivity contribution in [1.82, 2.24) is 29.0 Å². The second-order valence-corrected chi connectivity index (χ2v) is 7.21. The molecule has 3 heterocycles. The summed E-state index contributed by atoms with van der Waals surface area (Å²) in [5.41, 5.74) is 0.771. The highest BCUT2D eigenvalue weighted by Crippen LogP contribution is 2.34. The average molecular weight is 377 g/mol. The molecule has 9 heteroatoms. The molecule has 0 bridgehead atoms. The van der Waals surface area contributed by atoms with Crippen LogP contribution in [0.15, 0.2) is 24.3 Å². The van der Waals surface area contributed by atoms with Crippen molar-refractivity contribution in [2.75, 3.05) is 6.54 Å². The van der Waals surface area contributed by atoms with E-state index in [0.29, 0.717) is 18.1 Å². The van der Waals surface area contributed by atoms with Crippen LogP contribution in [0.25, 0.3) is 10.8 Å². The molecule has 0 spiro atoms. The van der Waals surface area contributed by atoms with Crippen LogP contribution in [0.3, 0.4) is 0 Å². The smallest absolute Gasteiger partial charge is 0.194 e. The van der Waals surface area contributed by atoms with Gasteiger partial charge in [0.05, 0.1) is 6.04 Å². The van der Waals surface area contributed by atoms with Gasteiger partial charge in [0.2, 0.25) is 0 Å². The molecule has 1 aliphatic rings. The predicted molar refractivity (Wildman–Crippen MR) is 95.2 cm³/mol. The summed E-state index contributed by atoms with van der Waals surface area (Å²) in [6.45, 7) is 5.23. The van der Waals surface area contributed by atoms with Gasteiger partial charge in [-0.25, -0.2) is 4.98 Å². The average Bonchev–Trinajstić information content (AvgIpc) is 3.21. The van der Waals surface area contributed by atoms with Gasteiger partial charge in [0.25, 0.3) is 0 Å². The zero-order valence-corrected chi connectivity index (χ0v) is 15.4. The van der Waals surface area contributed by atoms with Crippen LogP contribution in [0.2, 0.25) is 5.02 Å². The summed E-state index contributed by atoms with van der Waals surface area (Å²) >= 11 is 7.38. The number of hydrogen-bond donors (Lipinski definition) is 1. The minimum absolute atomic E-state index is 0.0852. The molecular formula is C16H17ClN6OS. The third-order valence-corrected chi connectivity index (χ3v) is 5.45. The Kier molecular flexibility index (Phi) is 4.28. The third-order valence-electron chi connectivity index (χ3n) is 4.41. The van der Waals surface area contributed by atoms with Crippen molar-refractivity contribution in [1.29, 1.82) is 0 Å². The van der Waals surface area contributed by atoms with Crippen LogP contribution in [0, 0.1) is 6.92 Å². The van der Waals surface area contributed by atoms with Gasteiger partial charge in [0, 0.05) is 18.1 Å². The number of aliphatic hydroxyl groups excluding tert-OH is 1. The van der Waals surface area contributed by atoms with Gasteiger partial charge in [-0.2, -0.15) is 4.37 Å². The number of rotatable bonds is 3. The number of nitrogens with zero attached hydrogens (tertiary/aromatic N) is 6. The topological polar surface area (TPSA) is 80.0 Å². The van der Waals surface area contributed by atoms with E-state index in [1.165, 1.54) is 11.5 Å². The Hall–Kier alpha value is -1.87. The van der Waals surface area contributed by atoms with Crippen LogP contribution in [-0.2, 0) is 6.54 Å². The fourth-order valence-corrected chi connectivity index (χ4v) is 4.00. The zero-order valence-electron chi connectivity index (χ0n) is 13.8. The summed E-state index contributed by atoms with van der Waals surface area (Å²) in [5, 5.41) is 20.8. The predicted octanol–water partition coefficient (Wildman–Crippen LogP) is 2.83. The minimum Gasteiger partial charge on any atom is -0.374 e. The molecule has 1 unspecified atom stereocenters. The Labute approximate surface area is 154 Å². The molecule has 1 aromatic carbocycles. The molecule has 0 radical (unpaired) electrons. The number of benzene rings is 1. The number of halogens is 1. The van der Waals surface area contributed by atoms with Crippen molar-refractivity contribution in [3.05, 3.63) is 46.5 Å². The Balaban J connectivity index is 1.64. The first-order valence-electron chi connectivity index (χ1n) is 7.97. The number of aromatic nitrogens is 5. The maximum absolute atomic E-state index is 10.8. The molecule has 130 valence electrons. The third kappa shape index (κ3) is 2.95. The lowest BCUT2D eigenvalue weighted by Gasteiger charge is -2.37. The van der Waals surface area contributed by atoms with E-state index in [2.05, 4.69) is 24.1 Å². The molecule has 0 saturated heterocycles. The van der Waals surface area contributed by atoms with E-state index < -0.39 is 6.23 Å². The van der Waals surface area contributed by atoms with Gasteiger partial charge in [-0.15, -0.1) is 10.2 Å². The van der Waals surface area contributed by atoms with Crippen molar-refractivity contribution in [2.24, 2.45) is 0 Å².